The van der Waals surface area contributed by atoms with Crippen LogP contribution in [-0.2, 0) is 0 Å². The highest BCUT2D eigenvalue weighted by atomic mass is 16.3. The molecule has 1 fully saturated rings. The van der Waals surface area contributed by atoms with Gasteiger partial charge < -0.3 is 5.11 Å². The maximum absolute atomic E-state index is 9.82. The first-order valence-electron chi connectivity index (χ1n) is 6.26. The quantitative estimate of drug-likeness (QED) is 0.747. The van der Waals surface area contributed by atoms with Gasteiger partial charge in [-0.1, -0.05) is 19.3 Å². The molecule has 0 heterocycles. The van der Waals surface area contributed by atoms with Crippen LogP contribution in [0.2, 0.25) is 0 Å². The molecule has 0 amide bonds. The van der Waals surface area contributed by atoms with E-state index in [0.29, 0.717) is 12.6 Å². The normalized spacial score (nSPS) is 27.5. The number of rotatable bonds is 3. The zero-order valence-electron chi connectivity index (χ0n) is 10.7. The van der Waals surface area contributed by atoms with E-state index in [4.69, 9.17) is 0 Å². The molecular weight excluding hydrogens is 200 g/mol. The third kappa shape index (κ3) is 4.11. The lowest BCUT2D eigenvalue weighted by molar-refractivity contribution is 0.0239. The molecule has 3 nitrogen and oxygen atoms in total. The van der Waals surface area contributed by atoms with Crippen molar-refractivity contribution >= 4 is 0 Å². The SMILES string of the molecule is CN(CC(C)(C)O)C1CCCCCC1C#N. The Balaban J connectivity index is 2.63. The minimum atomic E-state index is -0.680. The highest BCUT2D eigenvalue weighted by Gasteiger charge is 2.29. The standard InChI is InChI=1S/C13H24N2O/c1-13(2,16)10-15(3)12-8-6-4-5-7-11(12)9-14/h11-12,16H,4-8,10H2,1-3H3. The lowest BCUT2D eigenvalue weighted by Gasteiger charge is -2.34. The minimum absolute atomic E-state index is 0.134. The van der Waals surface area contributed by atoms with E-state index in [1.165, 1.54) is 19.3 Å². The van der Waals surface area contributed by atoms with Crippen molar-refractivity contribution < 1.29 is 5.11 Å². The van der Waals surface area contributed by atoms with Gasteiger partial charge >= 0.3 is 0 Å². The number of aliphatic hydroxyl groups is 1. The molecule has 0 bridgehead atoms. The molecule has 16 heavy (non-hydrogen) atoms. The summed E-state index contributed by atoms with van der Waals surface area (Å²) < 4.78 is 0. The Hall–Kier alpha value is -0.590. The van der Waals surface area contributed by atoms with Crippen LogP contribution in [0, 0.1) is 17.2 Å². The Morgan fingerprint density at radius 3 is 2.50 bits per heavy atom. The number of hydrogen-bond acceptors (Lipinski definition) is 3. The molecule has 0 radical (unpaired) electrons. The van der Waals surface area contributed by atoms with E-state index in [0.717, 1.165) is 12.8 Å². The Morgan fingerprint density at radius 2 is 1.94 bits per heavy atom. The summed E-state index contributed by atoms with van der Waals surface area (Å²) in [6.07, 6.45) is 5.72. The summed E-state index contributed by atoms with van der Waals surface area (Å²) in [6.45, 7) is 4.28. The van der Waals surface area contributed by atoms with E-state index in [1.807, 2.05) is 20.9 Å². The lowest BCUT2D eigenvalue weighted by Crippen LogP contribution is -2.44. The third-order valence-electron chi connectivity index (χ3n) is 3.35. The fraction of sp³-hybridized carbons (Fsp3) is 0.923. The van der Waals surface area contributed by atoms with Crippen molar-refractivity contribution in [2.75, 3.05) is 13.6 Å². The number of nitrogens with zero attached hydrogens (tertiary/aromatic N) is 2. The largest absolute Gasteiger partial charge is 0.389 e. The molecule has 1 rings (SSSR count). The van der Waals surface area contributed by atoms with Crippen molar-refractivity contribution in [2.24, 2.45) is 5.92 Å². The molecule has 1 aliphatic carbocycles. The monoisotopic (exact) mass is 224 g/mol. The topological polar surface area (TPSA) is 47.3 Å². The number of likely N-dealkylation sites (N-methyl/N-ethyl adjacent to an activating group) is 1. The Kier molecular flexibility index (Phi) is 4.76. The molecule has 92 valence electrons. The van der Waals surface area contributed by atoms with Crippen molar-refractivity contribution in [1.82, 2.24) is 4.90 Å². The molecule has 0 aromatic rings. The van der Waals surface area contributed by atoms with Crippen molar-refractivity contribution in [3.63, 3.8) is 0 Å². The first-order valence-corrected chi connectivity index (χ1v) is 6.26. The van der Waals surface area contributed by atoms with Gasteiger partial charge in [-0.3, -0.25) is 4.90 Å². The molecule has 0 saturated heterocycles. The fourth-order valence-corrected chi connectivity index (χ4v) is 2.69. The summed E-state index contributed by atoms with van der Waals surface area (Å²) in [5.41, 5.74) is -0.680. The first-order chi connectivity index (χ1) is 7.44. The van der Waals surface area contributed by atoms with Gasteiger partial charge in [-0.05, 0) is 33.7 Å². The molecule has 1 aliphatic rings. The summed E-state index contributed by atoms with van der Waals surface area (Å²) in [4.78, 5) is 2.17. The predicted octanol–water partition coefficient (Wildman–Crippen LogP) is 2.16. The summed E-state index contributed by atoms with van der Waals surface area (Å²) in [5, 5.41) is 19.0. The van der Waals surface area contributed by atoms with E-state index < -0.39 is 5.60 Å². The van der Waals surface area contributed by atoms with Crippen molar-refractivity contribution in [3.05, 3.63) is 0 Å². The van der Waals surface area contributed by atoms with E-state index in [2.05, 4.69) is 11.0 Å². The second-order valence-electron chi connectivity index (χ2n) is 5.67. The average Bonchev–Trinajstić information content (AvgIpc) is 2.39. The Morgan fingerprint density at radius 1 is 1.31 bits per heavy atom. The number of hydrogen-bond donors (Lipinski definition) is 1. The van der Waals surface area contributed by atoms with Crippen LogP contribution in [0.3, 0.4) is 0 Å². The van der Waals surface area contributed by atoms with Gasteiger partial charge in [0.2, 0.25) is 0 Å². The Bertz CT molecular complexity index is 252. The molecule has 0 aromatic heterocycles. The van der Waals surface area contributed by atoms with Gasteiger partial charge in [-0.2, -0.15) is 5.26 Å². The summed E-state index contributed by atoms with van der Waals surface area (Å²) in [7, 11) is 2.03. The fourth-order valence-electron chi connectivity index (χ4n) is 2.69. The molecule has 0 aromatic carbocycles. The highest BCUT2D eigenvalue weighted by molar-refractivity contribution is 4.94. The minimum Gasteiger partial charge on any atom is -0.389 e. The van der Waals surface area contributed by atoms with E-state index >= 15 is 0 Å². The number of nitriles is 1. The van der Waals surface area contributed by atoms with Crippen LogP contribution >= 0.6 is 0 Å². The van der Waals surface area contributed by atoms with Crippen LogP contribution in [0.4, 0.5) is 0 Å². The summed E-state index contributed by atoms with van der Waals surface area (Å²) in [5.74, 6) is 0.134. The zero-order valence-corrected chi connectivity index (χ0v) is 10.7. The van der Waals surface area contributed by atoms with Crippen LogP contribution in [0.15, 0.2) is 0 Å². The van der Waals surface area contributed by atoms with Crippen LogP contribution in [-0.4, -0.2) is 35.2 Å². The van der Waals surface area contributed by atoms with Crippen LogP contribution in [0.25, 0.3) is 0 Å². The van der Waals surface area contributed by atoms with Gasteiger partial charge in [-0.15, -0.1) is 0 Å². The van der Waals surface area contributed by atoms with Gasteiger partial charge in [0.25, 0.3) is 0 Å². The van der Waals surface area contributed by atoms with Gasteiger partial charge in [-0.25, -0.2) is 0 Å². The van der Waals surface area contributed by atoms with Gasteiger partial charge in [0, 0.05) is 12.6 Å². The lowest BCUT2D eigenvalue weighted by atomic mass is 9.94. The highest BCUT2D eigenvalue weighted by Crippen LogP contribution is 2.27. The molecular formula is C13H24N2O. The predicted molar refractivity (Wildman–Crippen MR) is 64.9 cm³/mol. The molecule has 2 unspecified atom stereocenters. The van der Waals surface area contributed by atoms with E-state index in [1.54, 1.807) is 0 Å². The van der Waals surface area contributed by atoms with Crippen molar-refractivity contribution in [3.8, 4) is 6.07 Å². The zero-order chi connectivity index (χ0) is 12.2. The van der Waals surface area contributed by atoms with Crippen LogP contribution in [0.1, 0.15) is 46.0 Å². The summed E-state index contributed by atoms with van der Waals surface area (Å²) in [6, 6.07) is 2.76. The van der Waals surface area contributed by atoms with Crippen molar-refractivity contribution in [1.29, 1.82) is 5.26 Å². The third-order valence-corrected chi connectivity index (χ3v) is 3.35. The second kappa shape index (κ2) is 5.65. The van der Waals surface area contributed by atoms with Gasteiger partial charge in [0.15, 0.2) is 0 Å². The van der Waals surface area contributed by atoms with Crippen LogP contribution in [0.5, 0.6) is 0 Å². The van der Waals surface area contributed by atoms with Crippen LogP contribution < -0.4 is 0 Å². The molecule has 2 atom stereocenters. The van der Waals surface area contributed by atoms with Crippen molar-refractivity contribution in [2.45, 2.75) is 57.6 Å². The second-order valence-corrected chi connectivity index (χ2v) is 5.67. The van der Waals surface area contributed by atoms with E-state index in [9.17, 15) is 10.4 Å². The molecule has 0 aliphatic heterocycles. The van der Waals surface area contributed by atoms with E-state index in [-0.39, 0.29) is 5.92 Å². The van der Waals surface area contributed by atoms with Gasteiger partial charge in [0.05, 0.1) is 17.6 Å². The molecule has 0 spiro atoms. The maximum atomic E-state index is 9.82. The first kappa shape index (κ1) is 13.5. The molecule has 1 N–H and O–H groups in total. The average molecular weight is 224 g/mol. The van der Waals surface area contributed by atoms with Gasteiger partial charge in [0.1, 0.15) is 0 Å². The Labute approximate surface area is 99.1 Å². The molecule has 3 heteroatoms. The summed E-state index contributed by atoms with van der Waals surface area (Å²) >= 11 is 0. The smallest absolute Gasteiger partial charge is 0.0718 e. The molecule has 1 saturated carbocycles. The maximum Gasteiger partial charge on any atom is 0.0718 e.